The Labute approximate surface area is 239 Å². The highest BCUT2D eigenvalue weighted by molar-refractivity contribution is 6.05. The highest BCUT2D eigenvalue weighted by Gasteiger charge is 2.25. The third-order valence-corrected chi connectivity index (χ3v) is 9.96. The normalized spacial score (nSPS) is 28.7. The molecule has 0 aromatic heterocycles. The first-order chi connectivity index (χ1) is 18.9. The lowest BCUT2D eigenvalue weighted by Crippen LogP contribution is -2.37. The second kappa shape index (κ2) is 15.2. The third kappa shape index (κ3) is 8.79. The smallest absolute Gasteiger partial charge is 0.0914 e. The fourth-order valence-electron chi connectivity index (χ4n) is 7.09. The largest absolute Gasteiger partial charge is 0.399 e. The van der Waals surface area contributed by atoms with Gasteiger partial charge >= 0.3 is 0 Å². The van der Waals surface area contributed by atoms with E-state index in [2.05, 4.69) is 56.6 Å². The highest BCUT2D eigenvalue weighted by Crippen LogP contribution is 2.37. The summed E-state index contributed by atoms with van der Waals surface area (Å²) in [7, 11) is 0. The van der Waals surface area contributed by atoms with Crippen molar-refractivity contribution in [1.29, 1.82) is 0 Å². The monoisotopic (exact) mass is 533 g/mol. The highest BCUT2D eigenvalue weighted by atomic mass is 16.5. The fraction of sp³-hybridized carbons (Fsp3) is 0.686. The molecule has 1 heterocycles. The van der Waals surface area contributed by atoms with Crippen LogP contribution in [-0.2, 0) is 4.74 Å². The van der Waals surface area contributed by atoms with E-state index in [9.17, 15) is 0 Å². The maximum absolute atomic E-state index is 6.45. The van der Waals surface area contributed by atoms with E-state index in [0.717, 1.165) is 56.8 Å². The van der Waals surface area contributed by atoms with Crippen LogP contribution in [0.5, 0.6) is 0 Å². The van der Waals surface area contributed by atoms with Crippen LogP contribution in [0.2, 0.25) is 0 Å². The Morgan fingerprint density at radius 1 is 1.08 bits per heavy atom. The molecule has 0 aromatic rings. The maximum atomic E-state index is 6.45. The van der Waals surface area contributed by atoms with Crippen LogP contribution < -0.4 is 5.73 Å². The molecule has 216 valence electrons. The molecule has 3 atom stereocenters. The van der Waals surface area contributed by atoms with E-state index in [-0.39, 0.29) is 0 Å². The van der Waals surface area contributed by atoms with Crippen LogP contribution in [0.25, 0.3) is 0 Å². The van der Waals surface area contributed by atoms with Crippen molar-refractivity contribution in [1.82, 2.24) is 4.90 Å². The van der Waals surface area contributed by atoms with E-state index in [4.69, 9.17) is 15.5 Å². The minimum Gasteiger partial charge on any atom is -0.399 e. The van der Waals surface area contributed by atoms with E-state index in [1.54, 1.807) is 5.57 Å². The van der Waals surface area contributed by atoms with Gasteiger partial charge in [-0.3, -0.25) is 9.89 Å². The van der Waals surface area contributed by atoms with Gasteiger partial charge in [-0.05, 0) is 57.8 Å². The number of allylic oxidation sites excluding steroid dienone is 8. The molecule has 4 nitrogen and oxygen atoms in total. The van der Waals surface area contributed by atoms with Crippen LogP contribution in [0.15, 0.2) is 63.9 Å². The maximum Gasteiger partial charge on any atom is 0.0914 e. The van der Waals surface area contributed by atoms with E-state index < -0.39 is 0 Å². The van der Waals surface area contributed by atoms with Crippen molar-refractivity contribution < 1.29 is 4.74 Å². The number of nitrogens with two attached hydrogens (primary N) is 1. The Bertz CT molecular complexity index is 972. The van der Waals surface area contributed by atoms with E-state index in [1.165, 1.54) is 87.5 Å². The summed E-state index contributed by atoms with van der Waals surface area (Å²) in [5, 5.41) is 0. The molecule has 4 aliphatic rings. The molecule has 1 saturated heterocycles. The van der Waals surface area contributed by atoms with Crippen LogP contribution >= 0.6 is 0 Å². The van der Waals surface area contributed by atoms with Crippen molar-refractivity contribution >= 4 is 5.71 Å². The lowest BCUT2D eigenvalue weighted by atomic mass is 9.76. The molecule has 0 spiro atoms. The SMILES string of the molecule is C=C(N)C(=C\C=C(/C)C1C=CC(C)=C(CCC2CCCCC2C)C1)/C(=N\CN1CCOCC1)C1CCCCC1. The van der Waals surface area contributed by atoms with Gasteiger partial charge in [0.05, 0.1) is 19.9 Å². The molecule has 2 saturated carbocycles. The molecule has 0 amide bonds. The second-order valence-corrected chi connectivity index (χ2v) is 12.8. The molecule has 0 aromatic carbocycles. The van der Waals surface area contributed by atoms with Crippen LogP contribution in [-0.4, -0.2) is 43.6 Å². The summed E-state index contributed by atoms with van der Waals surface area (Å²) in [5.41, 5.74) is 13.9. The molecule has 39 heavy (non-hydrogen) atoms. The quantitative estimate of drug-likeness (QED) is 0.228. The van der Waals surface area contributed by atoms with Crippen LogP contribution in [0.4, 0.5) is 0 Å². The van der Waals surface area contributed by atoms with E-state index >= 15 is 0 Å². The first-order valence-corrected chi connectivity index (χ1v) is 16.0. The lowest BCUT2D eigenvalue weighted by molar-refractivity contribution is 0.0393. The zero-order valence-corrected chi connectivity index (χ0v) is 25.2. The van der Waals surface area contributed by atoms with Gasteiger partial charge in [-0.2, -0.15) is 0 Å². The summed E-state index contributed by atoms with van der Waals surface area (Å²) < 4.78 is 5.54. The number of ether oxygens (including phenoxy) is 1. The Hall–Kier alpha value is -1.91. The Balaban J connectivity index is 1.47. The molecule has 0 bridgehead atoms. The van der Waals surface area contributed by atoms with Gasteiger partial charge < -0.3 is 10.5 Å². The van der Waals surface area contributed by atoms with Gasteiger partial charge in [-0.15, -0.1) is 0 Å². The summed E-state index contributed by atoms with van der Waals surface area (Å²) in [4.78, 5) is 7.60. The number of hydrogen-bond donors (Lipinski definition) is 1. The Morgan fingerprint density at radius 3 is 2.51 bits per heavy atom. The zero-order valence-electron chi connectivity index (χ0n) is 25.2. The molecular formula is C35H55N3O. The molecule has 3 aliphatic carbocycles. The van der Waals surface area contributed by atoms with Gasteiger partial charge in [0.25, 0.3) is 0 Å². The van der Waals surface area contributed by atoms with Crippen molar-refractivity contribution in [2.75, 3.05) is 33.0 Å². The predicted molar refractivity (Wildman–Crippen MR) is 167 cm³/mol. The fourth-order valence-corrected chi connectivity index (χ4v) is 7.09. The van der Waals surface area contributed by atoms with Gasteiger partial charge in [0.15, 0.2) is 0 Å². The standard InChI is InChI=1S/C35H55N3O/c1-26-10-8-9-11-30(26)17-18-33-24-32(16-14-27(33)2)28(3)15-19-34(29(4)36)35(31-12-6-5-7-13-31)37-25-38-20-22-39-23-21-38/h14-16,19,26,30-32H,4-13,17-18,20-25,36H2,1-3H3/b28-15+,34-19+,37-35-. The first-order valence-electron chi connectivity index (χ1n) is 16.0. The lowest BCUT2D eigenvalue weighted by Gasteiger charge is -2.30. The van der Waals surface area contributed by atoms with Gasteiger partial charge in [0.1, 0.15) is 0 Å². The average molecular weight is 534 g/mol. The van der Waals surface area contributed by atoms with Crippen molar-refractivity contribution in [3.05, 3.63) is 58.9 Å². The van der Waals surface area contributed by atoms with Crippen LogP contribution in [0.1, 0.15) is 97.8 Å². The van der Waals surface area contributed by atoms with Crippen molar-refractivity contribution in [2.24, 2.45) is 34.4 Å². The third-order valence-electron chi connectivity index (χ3n) is 9.96. The number of morpholine rings is 1. The predicted octanol–water partition coefficient (Wildman–Crippen LogP) is 8.14. The van der Waals surface area contributed by atoms with Crippen LogP contribution in [0, 0.1) is 23.7 Å². The minimum absolute atomic E-state index is 0.458. The number of hydrogen-bond acceptors (Lipinski definition) is 4. The van der Waals surface area contributed by atoms with Crippen molar-refractivity contribution in [2.45, 2.75) is 97.8 Å². The van der Waals surface area contributed by atoms with Gasteiger partial charge in [-0.25, -0.2) is 0 Å². The summed E-state index contributed by atoms with van der Waals surface area (Å²) in [6.07, 6.45) is 25.1. The molecule has 4 rings (SSSR count). The van der Waals surface area contributed by atoms with Crippen LogP contribution in [0.3, 0.4) is 0 Å². The first kappa shape index (κ1) is 30.1. The molecular weight excluding hydrogens is 478 g/mol. The zero-order chi connectivity index (χ0) is 27.6. The molecule has 2 N–H and O–H groups in total. The number of rotatable bonds is 10. The Morgan fingerprint density at radius 2 is 1.79 bits per heavy atom. The topological polar surface area (TPSA) is 50.8 Å². The van der Waals surface area contributed by atoms with E-state index in [0.29, 0.717) is 17.5 Å². The molecule has 3 fully saturated rings. The molecule has 3 unspecified atom stereocenters. The van der Waals surface area contributed by atoms with Gasteiger partial charge in [0.2, 0.25) is 0 Å². The summed E-state index contributed by atoms with van der Waals surface area (Å²) >= 11 is 0. The molecule has 4 heteroatoms. The molecule has 0 radical (unpaired) electrons. The average Bonchev–Trinajstić information content (AvgIpc) is 2.95. The van der Waals surface area contributed by atoms with Gasteiger partial charge in [-0.1, -0.05) is 99.5 Å². The van der Waals surface area contributed by atoms with Crippen molar-refractivity contribution in [3.63, 3.8) is 0 Å². The number of nitrogens with zero attached hydrogens (tertiary/aromatic N) is 2. The summed E-state index contributed by atoms with van der Waals surface area (Å²) in [5.74, 6) is 2.75. The minimum atomic E-state index is 0.458. The van der Waals surface area contributed by atoms with E-state index in [1.807, 2.05) is 0 Å². The Kier molecular flexibility index (Phi) is 11.7. The summed E-state index contributed by atoms with van der Waals surface area (Å²) in [6.45, 7) is 15.5. The molecule has 1 aliphatic heterocycles. The summed E-state index contributed by atoms with van der Waals surface area (Å²) in [6, 6.07) is 0. The number of aliphatic imine (C=N–C) groups is 1. The van der Waals surface area contributed by atoms with Gasteiger partial charge in [0, 0.05) is 41.9 Å². The van der Waals surface area contributed by atoms with Crippen molar-refractivity contribution in [3.8, 4) is 0 Å². The second-order valence-electron chi connectivity index (χ2n) is 12.8.